The molecule has 0 radical (unpaired) electrons. The Morgan fingerprint density at radius 3 is 2.44 bits per heavy atom. The van der Waals surface area contributed by atoms with Crippen LogP contribution in [0.4, 0.5) is 4.79 Å². The van der Waals surface area contributed by atoms with Crippen LogP contribution in [0.2, 0.25) is 0 Å². The van der Waals surface area contributed by atoms with Gasteiger partial charge >= 0.3 is 6.09 Å². The number of nitrogens with zero attached hydrogens (tertiary/aromatic N) is 4. The van der Waals surface area contributed by atoms with Gasteiger partial charge in [-0.05, 0) is 66.2 Å². The molecule has 8 nitrogen and oxygen atoms in total. The van der Waals surface area contributed by atoms with Crippen LogP contribution >= 0.6 is 24.0 Å². The molecule has 186 valence electrons. The highest BCUT2D eigenvalue weighted by atomic mass is 127. The van der Waals surface area contributed by atoms with E-state index in [2.05, 4.69) is 17.1 Å². The maximum atomic E-state index is 12.4. The summed E-state index contributed by atoms with van der Waals surface area (Å²) in [6.45, 7) is 16.4. The smallest absolute Gasteiger partial charge is 0.410 e. The van der Waals surface area contributed by atoms with E-state index in [1.54, 1.807) is 0 Å². The molecule has 2 saturated heterocycles. The largest absolute Gasteiger partial charge is 0.444 e. The number of hydrogen-bond donors (Lipinski definition) is 1. The third-order valence-electron chi connectivity index (χ3n) is 5.78. The first-order chi connectivity index (χ1) is 14.7. The van der Waals surface area contributed by atoms with Crippen LogP contribution in [-0.4, -0.2) is 90.6 Å². The van der Waals surface area contributed by atoms with Crippen LogP contribution < -0.4 is 5.32 Å². The zero-order chi connectivity index (χ0) is 22.9. The summed E-state index contributed by atoms with van der Waals surface area (Å²) in [5, 5.41) is 3.41. The van der Waals surface area contributed by atoms with Crippen molar-refractivity contribution < 1.29 is 14.3 Å². The fraction of sp³-hybridized carbons (Fsp3) is 0.870. The van der Waals surface area contributed by atoms with E-state index in [4.69, 9.17) is 9.73 Å². The summed E-state index contributed by atoms with van der Waals surface area (Å²) in [6, 6.07) is 0. The van der Waals surface area contributed by atoms with Gasteiger partial charge < -0.3 is 24.8 Å². The van der Waals surface area contributed by atoms with Gasteiger partial charge in [-0.15, -0.1) is 24.0 Å². The number of likely N-dealkylation sites (tertiary alicyclic amines) is 2. The molecule has 32 heavy (non-hydrogen) atoms. The van der Waals surface area contributed by atoms with Crippen molar-refractivity contribution in [1.29, 1.82) is 0 Å². The first kappa shape index (κ1) is 28.8. The molecule has 2 heterocycles. The first-order valence-electron chi connectivity index (χ1n) is 12.0. The van der Waals surface area contributed by atoms with Crippen molar-refractivity contribution in [2.75, 3.05) is 52.4 Å². The van der Waals surface area contributed by atoms with Crippen molar-refractivity contribution in [2.24, 2.45) is 10.9 Å². The second-order valence-corrected chi connectivity index (χ2v) is 9.52. The molecule has 9 heteroatoms. The van der Waals surface area contributed by atoms with Crippen LogP contribution in [0.25, 0.3) is 0 Å². The Morgan fingerprint density at radius 2 is 1.91 bits per heavy atom. The number of carbonyl (C=O) groups excluding carboxylic acids is 2. The maximum absolute atomic E-state index is 12.4. The standard InChI is InChI=1S/C23H43N5O3.HI/c1-6-24-21(25-13-9-15-27-14-8-10-20(27)29)28-16-11-19(12-17-28)18-26(7-2)22(30)31-23(3,4)5;/h19H,6-18H2,1-5H3,(H,24,25);1H. The lowest BCUT2D eigenvalue weighted by atomic mass is 9.96. The van der Waals surface area contributed by atoms with Crippen LogP contribution in [0.1, 0.15) is 66.7 Å². The Labute approximate surface area is 211 Å². The lowest BCUT2D eigenvalue weighted by Crippen LogP contribution is -2.48. The van der Waals surface area contributed by atoms with Gasteiger partial charge in [0.25, 0.3) is 0 Å². The van der Waals surface area contributed by atoms with E-state index in [0.717, 1.165) is 77.5 Å². The monoisotopic (exact) mass is 565 g/mol. The Kier molecular flexibility index (Phi) is 12.7. The van der Waals surface area contributed by atoms with Crippen molar-refractivity contribution in [3.8, 4) is 0 Å². The average Bonchev–Trinajstić information content (AvgIpc) is 3.12. The Balaban J connectivity index is 0.00000512. The van der Waals surface area contributed by atoms with E-state index < -0.39 is 5.60 Å². The van der Waals surface area contributed by atoms with Gasteiger partial charge in [0.15, 0.2) is 5.96 Å². The molecule has 0 saturated carbocycles. The molecule has 2 fully saturated rings. The minimum atomic E-state index is -0.465. The number of rotatable bonds is 8. The van der Waals surface area contributed by atoms with Gasteiger partial charge in [0.2, 0.25) is 5.91 Å². The van der Waals surface area contributed by atoms with Crippen LogP contribution in [0.5, 0.6) is 0 Å². The summed E-state index contributed by atoms with van der Waals surface area (Å²) in [5.74, 6) is 1.73. The Bertz CT molecular complexity index is 615. The summed E-state index contributed by atoms with van der Waals surface area (Å²) in [7, 11) is 0. The van der Waals surface area contributed by atoms with E-state index in [1.807, 2.05) is 37.5 Å². The molecular weight excluding hydrogens is 521 g/mol. The molecule has 0 aromatic heterocycles. The molecule has 0 aliphatic carbocycles. The molecule has 2 amide bonds. The first-order valence-corrected chi connectivity index (χ1v) is 12.0. The van der Waals surface area contributed by atoms with Crippen LogP contribution in [0.3, 0.4) is 0 Å². The molecule has 0 aromatic rings. The van der Waals surface area contributed by atoms with Crippen molar-refractivity contribution in [3.05, 3.63) is 0 Å². The number of aliphatic imine (C=N–C) groups is 1. The molecule has 0 unspecified atom stereocenters. The number of amides is 2. The van der Waals surface area contributed by atoms with Crippen molar-refractivity contribution >= 4 is 41.9 Å². The number of piperidine rings is 1. The third kappa shape index (κ3) is 9.70. The van der Waals surface area contributed by atoms with Crippen LogP contribution in [0, 0.1) is 5.92 Å². The number of ether oxygens (including phenoxy) is 1. The zero-order valence-corrected chi connectivity index (χ0v) is 23.0. The third-order valence-corrected chi connectivity index (χ3v) is 5.78. The van der Waals surface area contributed by atoms with Gasteiger partial charge in [-0.1, -0.05) is 0 Å². The average molecular weight is 566 g/mol. The highest BCUT2D eigenvalue weighted by molar-refractivity contribution is 14.0. The van der Waals surface area contributed by atoms with Crippen molar-refractivity contribution in [3.63, 3.8) is 0 Å². The molecule has 2 aliphatic rings. The van der Waals surface area contributed by atoms with Gasteiger partial charge in [0, 0.05) is 58.8 Å². The van der Waals surface area contributed by atoms with Crippen molar-refractivity contribution in [1.82, 2.24) is 20.0 Å². The normalized spacial score (nSPS) is 17.9. The zero-order valence-electron chi connectivity index (χ0n) is 20.7. The van der Waals surface area contributed by atoms with E-state index in [1.165, 1.54) is 0 Å². The summed E-state index contributed by atoms with van der Waals surface area (Å²) in [4.78, 5) is 35.1. The SMILES string of the molecule is CCNC(=NCCCN1CCCC1=O)N1CCC(CN(CC)C(=O)OC(C)(C)C)CC1.I. The van der Waals surface area contributed by atoms with Crippen LogP contribution in [0.15, 0.2) is 4.99 Å². The van der Waals surface area contributed by atoms with Crippen LogP contribution in [-0.2, 0) is 9.53 Å². The lowest BCUT2D eigenvalue weighted by molar-refractivity contribution is -0.127. The van der Waals surface area contributed by atoms with E-state index in [-0.39, 0.29) is 36.0 Å². The number of nitrogens with one attached hydrogen (secondary N) is 1. The number of guanidine groups is 1. The van der Waals surface area contributed by atoms with E-state index in [0.29, 0.717) is 18.9 Å². The summed E-state index contributed by atoms with van der Waals surface area (Å²) in [5.41, 5.74) is -0.465. The number of halogens is 1. The van der Waals surface area contributed by atoms with E-state index >= 15 is 0 Å². The molecule has 0 aromatic carbocycles. The molecule has 0 bridgehead atoms. The van der Waals surface area contributed by atoms with E-state index in [9.17, 15) is 9.59 Å². The summed E-state index contributed by atoms with van der Waals surface area (Å²) < 4.78 is 5.54. The highest BCUT2D eigenvalue weighted by Gasteiger charge is 2.27. The second kappa shape index (κ2) is 14.1. The summed E-state index contributed by atoms with van der Waals surface area (Å²) in [6.07, 6.45) is 4.44. The molecular formula is C23H44IN5O3. The van der Waals surface area contributed by atoms with Gasteiger partial charge in [0.1, 0.15) is 5.60 Å². The Hall–Kier alpha value is -1.26. The minimum Gasteiger partial charge on any atom is -0.444 e. The maximum Gasteiger partial charge on any atom is 0.410 e. The number of carbonyl (C=O) groups is 2. The molecule has 1 N–H and O–H groups in total. The fourth-order valence-corrected chi connectivity index (χ4v) is 4.11. The predicted octanol–water partition coefficient (Wildman–Crippen LogP) is 3.55. The lowest BCUT2D eigenvalue weighted by Gasteiger charge is -2.36. The predicted molar refractivity (Wildman–Crippen MR) is 140 cm³/mol. The fourth-order valence-electron chi connectivity index (χ4n) is 4.11. The quantitative estimate of drug-likeness (QED) is 0.211. The van der Waals surface area contributed by atoms with Crippen molar-refractivity contribution in [2.45, 2.75) is 72.3 Å². The van der Waals surface area contributed by atoms with Gasteiger partial charge in [0.05, 0.1) is 0 Å². The summed E-state index contributed by atoms with van der Waals surface area (Å²) >= 11 is 0. The number of hydrogen-bond acceptors (Lipinski definition) is 4. The van der Waals surface area contributed by atoms with Gasteiger partial charge in [-0.2, -0.15) is 0 Å². The topological polar surface area (TPSA) is 77.5 Å². The van der Waals surface area contributed by atoms with Gasteiger partial charge in [-0.3, -0.25) is 9.79 Å². The highest BCUT2D eigenvalue weighted by Crippen LogP contribution is 2.20. The molecule has 0 atom stereocenters. The molecule has 0 spiro atoms. The molecule has 2 rings (SSSR count). The minimum absolute atomic E-state index is 0. The molecule has 2 aliphatic heterocycles. The Morgan fingerprint density at radius 1 is 1.22 bits per heavy atom. The van der Waals surface area contributed by atoms with Gasteiger partial charge in [-0.25, -0.2) is 4.79 Å². The second-order valence-electron chi connectivity index (χ2n) is 9.52.